The van der Waals surface area contributed by atoms with Gasteiger partial charge in [0.05, 0.1) is 16.6 Å². The fraction of sp³-hybridized carbons (Fsp3) is 0.318. The van der Waals surface area contributed by atoms with E-state index in [4.69, 9.17) is 11.6 Å². The summed E-state index contributed by atoms with van der Waals surface area (Å²) in [5.74, 6) is 1.30. The first kappa shape index (κ1) is 20.6. The smallest absolute Gasteiger partial charge is 0.233 e. The Labute approximate surface area is 193 Å². The number of thioether (sulfide) groups is 1. The second-order valence-electron chi connectivity index (χ2n) is 7.56. The number of H-pyrrole nitrogens is 1. The number of rotatable bonds is 8. The summed E-state index contributed by atoms with van der Waals surface area (Å²) >= 11 is 9.02. The Morgan fingerprint density at radius 1 is 1.29 bits per heavy atom. The molecule has 1 aliphatic rings. The molecular weight excluding hydrogens is 450 g/mol. The molecule has 0 spiro atoms. The average molecular weight is 472 g/mol. The van der Waals surface area contributed by atoms with Crippen molar-refractivity contribution in [1.82, 2.24) is 24.6 Å². The maximum absolute atomic E-state index is 12.9. The molecule has 1 amide bonds. The minimum atomic E-state index is 0.0935. The topological polar surface area (TPSA) is 66.8 Å². The van der Waals surface area contributed by atoms with E-state index in [9.17, 15) is 4.79 Å². The molecule has 0 unspecified atom stereocenters. The molecule has 0 atom stereocenters. The summed E-state index contributed by atoms with van der Waals surface area (Å²) in [6.07, 6.45) is 4.24. The molecular formula is C22H22ClN5OS2. The van der Waals surface area contributed by atoms with Crippen molar-refractivity contribution in [3.05, 3.63) is 51.8 Å². The van der Waals surface area contributed by atoms with E-state index in [0.717, 1.165) is 49.5 Å². The number of hydrogen-bond donors (Lipinski definition) is 1. The van der Waals surface area contributed by atoms with Gasteiger partial charge in [-0.15, -0.1) is 21.5 Å². The van der Waals surface area contributed by atoms with Gasteiger partial charge in [0.25, 0.3) is 0 Å². The lowest BCUT2D eigenvalue weighted by Crippen LogP contribution is -2.31. The van der Waals surface area contributed by atoms with Gasteiger partial charge in [0, 0.05) is 40.1 Å². The first-order valence-electron chi connectivity index (χ1n) is 10.3. The normalized spacial score (nSPS) is 13.7. The van der Waals surface area contributed by atoms with Gasteiger partial charge in [-0.05, 0) is 38.0 Å². The van der Waals surface area contributed by atoms with Crippen molar-refractivity contribution in [3.63, 3.8) is 0 Å². The molecule has 5 rings (SSSR count). The number of nitrogens with one attached hydrogen (secondary N) is 1. The molecule has 0 saturated heterocycles. The lowest BCUT2D eigenvalue weighted by atomic mass is 10.1. The number of fused-ring (bicyclic) bond motifs is 1. The summed E-state index contributed by atoms with van der Waals surface area (Å²) < 4.78 is 2.96. The van der Waals surface area contributed by atoms with Gasteiger partial charge in [0.2, 0.25) is 5.91 Å². The highest BCUT2D eigenvalue weighted by Crippen LogP contribution is 2.42. The van der Waals surface area contributed by atoms with Crippen LogP contribution in [0.15, 0.2) is 47.8 Å². The zero-order valence-corrected chi connectivity index (χ0v) is 19.4. The van der Waals surface area contributed by atoms with E-state index in [1.54, 1.807) is 0 Å². The van der Waals surface area contributed by atoms with E-state index in [-0.39, 0.29) is 5.91 Å². The Balaban J connectivity index is 1.34. The first-order chi connectivity index (χ1) is 15.1. The summed E-state index contributed by atoms with van der Waals surface area (Å²) in [5.41, 5.74) is 2.14. The molecule has 4 aromatic rings. The number of hydrogen-bond acceptors (Lipinski definition) is 5. The molecule has 0 aliphatic heterocycles. The van der Waals surface area contributed by atoms with Crippen molar-refractivity contribution in [2.45, 2.75) is 37.5 Å². The monoisotopic (exact) mass is 471 g/mol. The van der Waals surface area contributed by atoms with Gasteiger partial charge in [-0.2, -0.15) is 0 Å². The fourth-order valence-corrected chi connectivity index (χ4v) is 5.71. The summed E-state index contributed by atoms with van der Waals surface area (Å²) in [4.78, 5) is 19.1. The van der Waals surface area contributed by atoms with Gasteiger partial charge in [0.15, 0.2) is 11.0 Å². The molecule has 1 aliphatic carbocycles. The van der Waals surface area contributed by atoms with Crippen molar-refractivity contribution in [2.75, 3.05) is 12.3 Å². The SMILES string of the molecule is CCN(Cc1ccc(Cl)s1)C(=O)CSc1nnc(-c2c[nH]c3ccccc23)n1C1CC1. The first-order valence-corrected chi connectivity index (χ1v) is 12.5. The van der Waals surface area contributed by atoms with Gasteiger partial charge >= 0.3 is 0 Å². The maximum atomic E-state index is 12.9. The molecule has 1 saturated carbocycles. The minimum absolute atomic E-state index is 0.0935. The molecule has 160 valence electrons. The van der Waals surface area contributed by atoms with Crippen LogP contribution < -0.4 is 0 Å². The molecule has 31 heavy (non-hydrogen) atoms. The second kappa shape index (κ2) is 8.68. The molecule has 0 radical (unpaired) electrons. The molecule has 6 nitrogen and oxygen atoms in total. The third-order valence-corrected chi connectivity index (χ3v) is 7.59. The van der Waals surface area contributed by atoms with Crippen molar-refractivity contribution < 1.29 is 4.79 Å². The van der Waals surface area contributed by atoms with Gasteiger partial charge in [0.1, 0.15) is 0 Å². The van der Waals surface area contributed by atoms with Crippen molar-refractivity contribution in [2.24, 2.45) is 0 Å². The van der Waals surface area contributed by atoms with Crippen LogP contribution in [-0.2, 0) is 11.3 Å². The van der Waals surface area contributed by atoms with Crippen molar-refractivity contribution >= 4 is 51.5 Å². The van der Waals surface area contributed by atoms with Gasteiger partial charge < -0.3 is 9.88 Å². The van der Waals surface area contributed by atoms with Crippen LogP contribution in [0.4, 0.5) is 0 Å². The zero-order valence-electron chi connectivity index (χ0n) is 17.0. The molecule has 1 aromatic carbocycles. The Kier molecular flexibility index (Phi) is 5.77. The largest absolute Gasteiger partial charge is 0.360 e. The number of aromatic nitrogens is 4. The lowest BCUT2D eigenvalue weighted by molar-refractivity contribution is -0.128. The molecule has 3 heterocycles. The number of thiophene rings is 1. The predicted molar refractivity (Wildman–Crippen MR) is 127 cm³/mol. The van der Waals surface area contributed by atoms with Crippen LogP contribution in [0.2, 0.25) is 4.34 Å². The fourth-order valence-electron chi connectivity index (χ4n) is 3.70. The number of aromatic amines is 1. The molecule has 0 bridgehead atoms. The summed E-state index contributed by atoms with van der Waals surface area (Å²) in [6.45, 7) is 3.24. The molecule has 9 heteroatoms. The van der Waals surface area contributed by atoms with Crippen LogP contribution in [0.25, 0.3) is 22.3 Å². The highest BCUT2D eigenvalue weighted by Gasteiger charge is 2.31. The van der Waals surface area contributed by atoms with E-state index in [0.29, 0.717) is 24.9 Å². The number of carbonyl (C=O) groups excluding carboxylic acids is 1. The third-order valence-electron chi connectivity index (χ3n) is 5.44. The number of para-hydroxylation sites is 1. The number of carbonyl (C=O) groups is 1. The highest BCUT2D eigenvalue weighted by molar-refractivity contribution is 7.99. The zero-order chi connectivity index (χ0) is 21.4. The van der Waals surface area contributed by atoms with Gasteiger partial charge in [-0.1, -0.05) is 41.6 Å². The second-order valence-corrected chi connectivity index (χ2v) is 10.3. The number of nitrogens with zero attached hydrogens (tertiary/aromatic N) is 4. The summed E-state index contributed by atoms with van der Waals surface area (Å²) in [5, 5.41) is 10.9. The number of amides is 1. The Morgan fingerprint density at radius 3 is 2.87 bits per heavy atom. The van der Waals surface area contributed by atoms with Crippen molar-refractivity contribution in [3.8, 4) is 11.4 Å². The standard InChI is InChI=1S/C22H22ClN5OS2/c1-2-27(12-15-9-10-19(23)31-15)20(29)13-30-22-26-25-21(28(22)14-7-8-14)17-11-24-18-6-4-3-5-16(17)18/h3-6,9-11,14,24H,2,7-8,12-13H2,1H3. The van der Waals surface area contributed by atoms with E-state index in [2.05, 4.69) is 31.9 Å². The van der Waals surface area contributed by atoms with Crippen LogP contribution in [0, 0.1) is 0 Å². The Bertz CT molecular complexity index is 1230. The number of benzene rings is 1. The molecule has 1 N–H and O–H groups in total. The quantitative estimate of drug-likeness (QED) is 0.339. The minimum Gasteiger partial charge on any atom is -0.360 e. The van der Waals surface area contributed by atoms with Crippen LogP contribution in [-0.4, -0.2) is 42.9 Å². The lowest BCUT2D eigenvalue weighted by Gasteiger charge is -2.20. The van der Waals surface area contributed by atoms with Crippen molar-refractivity contribution in [1.29, 1.82) is 0 Å². The summed E-state index contributed by atoms with van der Waals surface area (Å²) in [6, 6.07) is 12.5. The Hall–Kier alpha value is -2.29. The predicted octanol–water partition coefficient (Wildman–Crippen LogP) is 5.62. The van der Waals surface area contributed by atoms with E-state index < -0.39 is 0 Å². The van der Waals surface area contributed by atoms with Crippen LogP contribution in [0.1, 0.15) is 30.7 Å². The third kappa shape index (κ3) is 4.24. The van der Waals surface area contributed by atoms with Gasteiger partial charge in [-0.3, -0.25) is 9.36 Å². The van der Waals surface area contributed by atoms with Crippen LogP contribution in [0.3, 0.4) is 0 Å². The van der Waals surface area contributed by atoms with Crippen LogP contribution >= 0.6 is 34.7 Å². The van der Waals surface area contributed by atoms with Crippen LogP contribution in [0.5, 0.6) is 0 Å². The number of halogens is 1. The molecule has 3 aromatic heterocycles. The maximum Gasteiger partial charge on any atom is 0.233 e. The highest BCUT2D eigenvalue weighted by atomic mass is 35.5. The van der Waals surface area contributed by atoms with E-state index in [1.165, 1.54) is 23.1 Å². The van der Waals surface area contributed by atoms with Gasteiger partial charge in [-0.25, -0.2) is 0 Å². The van der Waals surface area contributed by atoms with E-state index >= 15 is 0 Å². The Morgan fingerprint density at radius 2 is 2.13 bits per heavy atom. The average Bonchev–Trinajstić information content (AvgIpc) is 3.19. The summed E-state index contributed by atoms with van der Waals surface area (Å²) in [7, 11) is 0. The van der Waals surface area contributed by atoms with E-state index in [1.807, 2.05) is 42.3 Å². The molecule has 1 fully saturated rings.